The molecule has 0 spiro atoms. The number of amides is 2. The fourth-order valence-electron chi connectivity index (χ4n) is 2.21. The van der Waals surface area contributed by atoms with Gasteiger partial charge in [0.2, 0.25) is 0 Å². The first-order chi connectivity index (χ1) is 9.93. The largest absolute Gasteiger partial charge is 0.335 e. The van der Waals surface area contributed by atoms with Crippen LogP contribution in [0.5, 0.6) is 0 Å². The predicted molar refractivity (Wildman–Crippen MR) is 77.4 cm³/mol. The Labute approximate surface area is 127 Å². The van der Waals surface area contributed by atoms with E-state index in [1.807, 2.05) is 0 Å². The van der Waals surface area contributed by atoms with E-state index in [1.165, 1.54) is 0 Å². The Hall–Kier alpha value is -1.83. The fourth-order valence-corrected chi connectivity index (χ4v) is 2.53. The molecule has 0 aromatic carbocycles. The van der Waals surface area contributed by atoms with Crippen LogP contribution in [0.4, 0.5) is 19.3 Å². The third kappa shape index (κ3) is 3.10. The molecule has 0 saturated heterocycles. The number of carbonyl (C=O) groups is 1. The SMILES string of the molecule is O=C(Nc1ccnc2cc(Br)cnc12)NC1CC(F)(F)C1. The van der Waals surface area contributed by atoms with E-state index < -0.39 is 18.0 Å². The summed E-state index contributed by atoms with van der Waals surface area (Å²) in [5.74, 6) is -2.66. The molecule has 110 valence electrons. The topological polar surface area (TPSA) is 66.9 Å². The summed E-state index contributed by atoms with van der Waals surface area (Å²) < 4.78 is 26.2. The van der Waals surface area contributed by atoms with Gasteiger partial charge in [-0.3, -0.25) is 9.97 Å². The number of halogens is 3. The second-order valence-electron chi connectivity index (χ2n) is 4.94. The Morgan fingerprint density at radius 3 is 2.86 bits per heavy atom. The number of urea groups is 1. The Morgan fingerprint density at radius 1 is 1.38 bits per heavy atom. The van der Waals surface area contributed by atoms with Crippen LogP contribution in [0.2, 0.25) is 0 Å². The monoisotopic (exact) mass is 356 g/mol. The Morgan fingerprint density at radius 2 is 2.14 bits per heavy atom. The van der Waals surface area contributed by atoms with E-state index in [9.17, 15) is 13.6 Å². The van der Waals surface area contributed by atoms with Crippen LogP contribution >= 0.6 is 15.9 Å². The van der Waals surface area contributed by atoms with E-state index in [-0.39, 0.29) is 12.8 Å². The zero-order valence-corrected chi connectivity index (χ0v) is 12.3. The van der Waals surface area contributed by atoms with Crippen LogP contribution in [-0.4, -0.2) is 28.0 Å². The number of nitrogens with zero attached hydrogens (tertiary/aromatic N) is 2. The van der Waals surface area contributed by atoms with E-state index in [0.717, 1.165) is 4.47 Å². The lowest BCUT2D eigenvalue weighted by Crippen LogP contribution is -2.51. The van der Waals surface area contributed by atoms with Gasteiger partial charge in [0.1, 0.15) is 5.52 Å². The highest BCUT2D eigenvalue weighted by atomic mass is 79.9. The molecule has 0 atom stereocenters. The summed E-state index contributed by atoms with van der Waals surface area (Å²) in [6.45, 7) is 0. The molecule has 2 N–H and O–H groups in total. The second-order valence-corrected chi connectivity index (χ2v) is 5.86. The van der Waals surface area contributed by atoms with E-state index in [0.29, 0.717) is 16.7 Å². The van der Waals surface area contributed by atoms with Crippen molar-refractivity contribution < 1.29 is 13.6 Å². The molecule has 1 aliphatic rings. The molecule has 0 unspecified atom stereocenters. The first-order valence-electron chi connectivity index (χ1n) is 6.28. The molecule has 1 fully saturated rings. The maximum atomic E-state index is 12.7. The zero-order valence-electron chi connectivity index (χ0n) is 10.7. The van der Waals surface area contributed by atoms with E-state index in [1.54, 1.807) is 24.5 Å². The summed E-state index contributed by atoms with van der Waals surface area (Å²) >= 11 is 3.29. The number of hydrogen-bond acceptors (Lipinski definition) is 3. The van der Waals surface area contributed by atoms with Crippen LogP contribution in [0.25, 0.3) is 11.0 Å². The molecule has 8 heteroatoms. The fraction of sp³-hybridized carbons (Fsp3) is 0.308. The van der Waals surface area contributed by atoms with Crippen molar-refractivity contribution in [2.45, 2.75) is 24.8 Å². The first-order valence-corrected chi connectivity index (χ1v) is 7.08. The molecule has 0 bridgehead atoms. The lowest BCUT2D eigenvalue weighted by molar-refractivity contribution is -0.0893. The van der Waals surface area contributed by atoms with Crippen molar-refractivity contribution in [3.05, 3.63) is 29.0 Å². The van der Waals surface area contributed by atoms with Crippen LogP contribution in [0.15, 0.2) is 29.0 Å². The zero-order chi connectivity index (χ0) is 15.0. The Kier molecular flexibility index (Phi) is 3.48. The average molecular weight is 357 g/mol. The van der Waals surface area contributed by atoms with Gasteiger partial charge < -0.3 is 10.6 Å². The molecule has 1 aliphatic carbocycles. The molecule has 2 aromatic rings. The van der Waals surface area contributed by atoms with Gasteiger partial charge in [-0.15, -0.1) is 0 Å². The van der Waals surface area contributed by atoms with Gasteiger partial charge in [0.05, 0.1) is 11.2 Å². The first kappa shape index (κ1) is 14.1. The molecule has 2 aromatic heterocycles. The lowest BCUT2D eigenvalue weighted by Gasteiger charge is -2.35. The standard InChI is InChI=1S/C13H11BrF2N4O/c14-7-3-10-11(18-6-7)9(1-2-17-10)20-12(21)19-8-4-13(15,16)5-8/h1-3,6,8H,4-5H2,(H2,17,19,20,21). The third-order valence-electron chi connectivity index (χ3n) is 3.22. The molecule has 0 aliphatic heterocycles. The maximum Gasteiger partial charge on any atom is 0.319 e. The molecule has 21 heavy (non-hydrogen) atoms. The Balaban J connectivity index is 1.71. The van der Waals surface area contributed by atoms with Crippen molar-refractivity contribution in [1.29, 1.82) is 0 Å². The highest BCUT2D eigenvalue weighted by molar-refractivity contribution is 9.10. The van der Waals surface area contributed by atoms with Crippen molar-refractivity contribution in [2.75, 3.05) is 5.32 Å². The molecule has 3 rings (SSSR count). The Bertz CT molecular complexity index is 702. The number of pyridine rings is 2. The van der Waals surface area contributed by atoms with Gasteiger partial charge in [-0.1, -0.05) is 0 Å². The molecular weight excluding hydrogens is 346 g/mol. The highest BCUT2D eigenvalue weighted by Crippen LogP contribution is 2.37. The summed E-state index contributed by atoms with van der Waals surface area (Å²) in [5, 5.41) is 5.13. The molecule has 5 nitrogen and oxygen atoms in total. The summed E-state index contributed by atoms with van der Waals surface area (Å²) in [7, 11) is 0. The van der Waals surface area contributed by atoms with Gasteiger partial charge >= 0.3 is 6.03 Å². The van der Waals surface area contributed by atoms with Crippen LogP contribution in [0.3, 0.4) is 0 Å². The minimum atomic E-state index is -2.66. The number of fused-ring (bicyclic) bond motifs is 1. The van der Waals surface area contributed by atoms with Gasteiger partial charge in [-0.25, -0.2) is 13.6 Å². The lowest BCUT2D eigenvalue weighted by atomic mass is 9.88. The van der Waals surface area contributed by atoms with Crippen molar-refractivity contribution in [1.82, 2.24) is 15.3 Å². The summed E-state index contributed by atoms with van der Waals surface area (Å²) in [5.41, 5.74) is 1.64. The van der Waals surface area contributed by atoms with Crippen LogP contribution < -0.4 is 10.6 Å². The van der Waals surface area contributed by atoms with Gasteiger partial charge in [0.15, 0.2) is 0 Å². The number of carbonyl (C=O) groups excluding carboxylic acids is 1. The van der Waals surface area contributed by atoms with Gasteiger partial charge in [0.25, 0.3) is 5.92 Å². The summed E-state index contributed by atoms with van der Waals surface area (Å²) in [6.07, 6.45) is 2.51. The van der Waals surface area contributed by atoms with E-state index in [2.05, 4.69) is 36.5 Å². The number of rotatable bonds is 2. The van der Waals surface area contributed by atoms with Gasteiger partial charge in [0, 0.05) is 35.7 Å². The maximum absolute atomic E-state index is 12.7. The van der Waals surface area contributed by atoms with Gasteiger partial charge in [-0.2, -0.15) is 0 Å². The van der Waals surface area contributed by atoms with Crippen LogP contribution in [0.1, 0.15) is 12.8 Å². The number of hydrogen-bond donors (Lipinski definition) is 2. The van der Waals surface area contributed by atoms with E-state index >= 15 is 0 Å². The quantitative estimate of drug-likeness (QED) is 0.867. The predicted octanol–water partition coefficient (Wildman–Crippen LogP) is 3.31. The highest BCUT2D eigenvalue weighted by Gasteiger charge is 2.45. The van der Waals surface area contributed by atoms with Crippen LogP contribution in [-0.2, 0) is 0 Å². The number of anilines is 1. The second kappa shape index (κ2) is 5.18. The molecular formula is C13H11BrF2N4O. The van der Waals surface area contributed by atoms with Crippen molar-refractivity contribution in [3.63, 3.8) is 0 Å². The smallest absolute Gasteiger partial charge is 0.319 e. The normalized spacial score (nSPS) is 17.3. The van der Waals surface area contributed by atoms with Crippen molar-refractivity contribution >= 4 is 38.7 Å². The molecule has 2 amide bonds. The van der Waals surface area contributed by atoms with Gasteiger partial charge in [-0.05, 0) is 28.1 Å². The average Bonchev–Trinajstić information content (AvgIpc) is 2.36. The summed E-state index contributed by atoms with van der Waals surface area (Å²) in [4.78, 5) is 20.2. The molecule has 1 saturated carbocycles. The number of aromatic nitrogens is 2. The minimum absolute atomic E-state index is 0.317. The third-order valence-corrected chi connectivity index (χ3v) is 3.65. The number of alkyl halides is 2. The molecule has 0 radical (unpaired) electrons. The van der Waals surface area contributed by atoms with E-state index in [4.69, 9.17) is 0 Å². The summed E-state index contributed by atoms with van der Waals surface area (Å²) in [6, 6.07) is 2.37. The van der Waals surface area contributed by atoms with Crippen LogP contribution in [0, 0.1) is 0 Å². The van der Waals surface area contributed by atoms with Crippen molar-refractivity contribution in [2.24, 2.45) is 0 Å². The molecule has 2 heterocycles. The minimum Gasteiger partial charge on any atom is -0.335 e. The van der Waals surface area contributed by atoms with Crippen molar-refractivity contribution in [3.8, 4) is 0 Å². The number of nitrogens with one attached hydrogen (secondary N) is 2.